The molecule has 0 saturated heterocycles. The van der Waals surface area contributed by atoms with Crippen LogP contribution in [-0.4, -0.2) is 36.4 Å². The SMILES string of the molecule is CSC(=NC=[N+](C)C)Nc1ccccc1. The summed E-state index contributed by atoms with van der Waals surface area (Å²) in [5.41, 5.74) is 1.05. The lowest BCUT2D eigenvalue weighted by Gasteiger charge is -2.01. The lowest BCUT2D eigenvalue weighted by Crippen LogP contribution is -2.09. The average Bonchev–Trinajstić information content (AvgIpc) is 2.25. The zero-order chi connectivity index (χ0) is 11.1. The van der Waals surface area contributed by atoms with Gasteiger partial charge < -0.3 is 5.32 Å². The van der Waals surface area contributed by atoms with Crippen LogP contribution in [-0.2, 0) is 0 Å². The number of rotatable bonds is 2. The summed E-state index contributed by atoms with van der Waals surface area (Å²) in [6.45, 7) is 0. The molecule has 0 aliphatic heterocycles. The van der Waals surface area contributed by atoms with Crippen LogP contribution in [0.3, 0.4) is 0 Å². The van der Waals surface area contributed by atoms with Crippen molar-refractivity contribution in [3.63, 3.8) is 0 Å². The van der Waals surface area contributed by atoms with E-state index in [1.165, 1.54) is 0 Å². The minimum Gasteiger partial charge on any atom is -0.314 e. The van der Waals surface area contributed by atoms with E-state index in [0.717, 1.165) is 10.9 Å². The van der Waals surface area contributed by atoms with Crippen molar-refractivity contribution in [2.45, 2.75) is 0 Å². The zero-order valence-electron chi connectivity index (χ0n) is 9.27. The number of amidine groups is 1. The van der Waals surface area contributed by atoms with Crippen molar-refractivity contribution >= 4 is 29.0 Å². The van der Waals surface area contributed by atoms with E-state index in [-0.39, 0.29) is 0 Å². The van der Waals surface area contributed by atoms with Crippen LogP contribution in [0.15, 0.2) is 35.3 Å². The first kappa shape index (κ1) is 11.8. The number of aliphatic imine (C=N–C) groups is 1. The summed E-state index contributed by atoms with van der Waals surface area (Å²) >= 11 is 1.59. The van der Waals surface area contributed by atoms with Crippen molar-refractivity contribution in [2.24, 2.45) is 4.99 Å². The average molecular weight is 222 g/mol. The summed E-state index contributed by atoms with van der Waals surface area (Å²) in [4.78, 5) is 4.31. The minimum absolute atomic E-state index is 0.884. The third kappa shape index (κ3) is 4.65. The largest absolute Gasteiger partial charge is 0.314 e. The molecule has 0 radical (unpaired) electrons. The molecule has 0 amide bonds. The molecule has 1 aromatic carbocycles. The highest BCUT2D eigenvalue weighted by molar-refractivity contribution is 8.13. The Morgan fingerprint density at radius 3 is 2.53 bits per heavy atom. The molecule has 80 valence electrons. The molecule has 4 heteroatoms. The van der Waals surface area contributed by atoms with Crippen LogP contribution in [0, 0.1) is 0 Å². The van der Waals surface area contributed by atoms with Gasteiger partial charge in [-0.05, 0) is 23.4 Å². The number of benzene rings is 1. The third-order valence-electron chi connectivity index (χ3n) is 1.62. The van der Waals surface area contributed by atoms with Crippen LogP contribution in [0.5, 0.6) is 0 Å². The monoisotopic (exact) mass is 222 g/mol. The van der Waals surface area contributed by atoms with E-state index in [9.17, 15) is 0 Å². The smallest absolute Gasteiger partial charge is 0.284 e. The van der Waals surface area contributed by atoms with Crippen molar-refractivity contribution in [2.75, 3.05) is 25.7 Å². The van der Waals surface area contributed by atoms with Gasteiger partial charge in [0.05, 0.1) is 14.1 Å². The van der Waals surface area contributed by atoms with Gasteiger partial charge in [-0.2, -0.15) is 0 Å². The molecule has 0 atom stereocenters. The highest BCUT2D eigenvalue weighted by atomic mass is 32.2. The van der Waals surface area contributed by atoms with Crippen molar-refractivity contribution in [3.8, 4) is 0 Å². The molecular formula is C11H16N3S+. The second kappa shape index (κ2) is 6.24. The molecule has 0 aromatic heterocycles. The second-order valence-corrected chi connectivity index (χ2v) is 4.00. The molecule has 0 bridgehead atoms. The maximum absolute atomic E-state index is 4.31. The Labute approximate surface area is 94.9 Å². The van der Waals surface area contributed by atoms with Crippen molar-refractivity contribution in [3.05, 3.63) is 30.3 Å². The van der Waals surface area contributed by atoms with Gasteiger partial charge in [0.25, 0.3) is 11.5 Å². The van der Waals surface area contributed by atoms with Crippen LogP contribution < -0.4 is 5.32 Å². The van der Waals surface area contributed by atoms with E-state index in [1.807, 2.05) is 55.3 Å². The predicted octanol–water partition coefficient (Wildman–Crippen LogP) is 2.12. The molecule has 15 heavy (non-hydrogen) atoms. The van der Waals surface area contributed by atoms with Gasteiger partial charge in [0.1, 0.15) is 0 Å². The normalized spacial score (nSPS) is 11.0. The van der Waals surface area contributed by atoms with Crippen LogP contribution >= 0.6 is 11.8 Å². The Morgan fingerprint density at radius 2 is 2.00 bits per heavy atom. The number of nitrogens with one attached hydrogen (secondary N) is 1. The molecule has 3 nitrogen and oxygen atoms in total. The van der Waals surface area contributed by atoms with E-state index >= 15 is 0 Å². The van der Waals surface area contributed by atoms with Crippen molar-refractivity contribution in [1.82, 2.24) is 0 Å². The molecule has 0 spiro atoms. The summed E-state index contributed by atoms with van der Waals surface area (Å²) in [6, 6.07) is 10.0. The molecular weight excluding hydrogens is 206 g/mol. The van der Waals surface area contributed by atoms with Gasteiger partial charge in [0, 0.05) is 5.69 Å². The fraction of sp³-hybridized carbons (Fsp3) is 0.273. The molecule has 0 aliphatic carbocycles. The van der Waals surface area contributed by atoms with Crippen molar-refractivity contribution in [1.29, 1.82) is 0 Å². The van der Waals surface area contributed by atoms with E-state index in [4.69, 9.17) is 0 Å². The highest BCUT2D eigenvalue weighted by Crippen LogP contribution is 2.08. The van der Waals surface area contributed by atoms with Crippen LogP contribution in [0.2, 0.25) is 0 Å². The first-order chi connectivity index (χ1) is 7.22. The number of nitrogens with zero attached hydrogens (tertiary/aromatic N) is 2. The summed E-state index contributed by atoms with van der Waals surface area (Å²) in [7, 11) is 3.90. The summed E-state index contributed by atoms with van der Waals surface area (Å²) in [5.74, 6) is 0. The summed E-state index contributed by atoms with van der Waals surface area (Å²) in [6.07, 6.45) is 3.78. The molecule has 0 heterocycles. The first-order valence-corrected chi connectivity index (χ1v) is 5.88. The Kier molecular flexibility index (Phi) is 4.90. The fourth-order valence-corrected chi connectivity index (χ4v) is 1.32. The fourth-order valence-electron chi connectivity index (χ4n) is 0.949. The molecule has 0 fully saturated rings. The van der Waals surface area contributed by atoms with Crippen LogP contribution in [0.1, 0.15) is 0 Å². The lowest BCUT2D eigenvalue weighted by molar-refractivity contribution is -0.460. The topological polar surface area (TPSA) is 27.4 Å². The zero-order valence-corrected chi connectivity index (χ0v) is 10.1. The Morgan fingerprint density at radius 1 is 1.33 bits per heavy atom. The Bertz CT molecular complexity index is 353. The van der Waals surface area contributed by atoms with Crippen LogP contribution in [0.4, 0.5) is 5.69 Å². The van der Waals surface area contributed by atoms with Gasteiger partial charge in [-0.25, -0.2) is 0 Å². The molecule has 0 aliphatic rings. The van der Waals surface area contributed by atoms with E-state index in [0.29, 0.717) is 0 Å². The Balaban J connectivity index is 2.70. The number of hydrogen-bond acceptors (Lipinski definition) is 1. The van der Waals surface area contributed by atoms with Gasteiger partial charge >= 0.3 is 0 Å². The van der Waals surface area contributed by atoms with Crippen molar-refractivity contribution < 1.29 is 4.58 Å². The van der Waals surface area contributed by atoms with Gasteiger partial charge in [-0.15, -0.1) is 0 Å². The first-order valence-electron chi connectivity index (χ1n) is 4.66. The predicted molar refractivity (Wildman–Crippen MR) is 69.2 cm³/mol. The number of para-hydroxylation sites is 1. The van der Waals surface area contributed by atoms with E-state index in [2.05, 4.69) is 10.3 Å². The maximum atomic E-state index is 4.31. The highest BCUT2D eigenvalue weighted by Gasteiger charge is 2.01. The molecule has 1 N–H and O–H groups in total. The molecule has 0 unspecified atom stereocenters. The van der Waals surface area contributed by atoms with Gasteiger partial charge in [-0.3, -0.25) is 4.58 Å². The molecule has 0 saturated carbocycles. The third-order valence-corrected chi connectivity index (χ3v) is 2.22. The number of hydrogen-bond donors (Lipinski definition) is 1. The summed E-state index contributed by atoms with van der Waals surface area (Å²) < 4.78 is 1.91. The Hall–Kier alpha value is -1.29. The van der Waals surface area contributed by atoms with E-state index < -0.39 is 0 Å². The standard InChI is InChI=1S/C11H15N3S/c1-14(2)9-12-11(15-3)13-10-7-5-4-6-8-10/h4-9H,1-3H3/p+1. The van der Waals surface area contributed by atoms with Crippen LogP contribution in [0.25, 0.3) is 0 Å². The minimum atomic E-state index is 0.884. The van der Waals surface area contributed by atoms with Gasteiger partial charge in [0.15, 0.2) is 0 Å². The van der Waals surface area contributed by atoms with E-state index in [1.54, 1.807) is 18.1 Å². The molecule has 1 aromatic rings. The van der Waals surface area contributed by atoms with Gasteiger partial charge in [-0.1, -0.05) is 30.0 Å². The summed E-state index contributed by atoms with van der Waals surface area (Å²) in [5, 5.41) is 4.12. The quantitative estimate of drug-likeness (QED) is 0.471. The number of thioether (sulfide) groups is 1. The maximum Gasteiger partial charge on any atom is 0.284 e. The number of anilines is 1. The lowest BCUT2D eigenvalue weighted by atomic mass is 10.3. The molecule has 1 rings (SSSR count). The van der Waals surface area contributed by atoms with Gasteiger partial charge in [0.2, 0.25) is 0 Å². The second-order valence-electron chi connectivity index (χ2n) is 3.21.